The van der Waals surface area contributed by atoms with E-state index in [-0.39, 0.29) is 41.9 Å². The Balaban J connectivity index is -0.000000101. The molecule has 0 saturated heterocycles. The molecule has 0 amide bonds. The zero-order valence-corrected chi connectivity index (χ0v) is 8.74. The summed E-state index contributed by atoms with van der Waals surface area (Å²) in [5.74, 6) is -0.879. The van der Waals surface area contributed by atoms with Crippen molar-refractivity contribution in [3.63, 3.8) is 0 Å². The van der Waals surface area contributed by atoms with Crippen molar-refractivity contribution in [1.82, 2.24) is 0 Å². The second-order valence-electron chi connectivity index (χ2n) is 1.67. The topological polar surface area (TPSA) is 100 Å². The van der Waals surface area contributed by atoms with Gasteiger partial charge in [-0.2, -0.15) is 0 Å². The van der Waals surface area contributed by atoms with E-state index in [0.717, 1.165) is 0 Å². The quantitative estimate of drug-likeness (QED) is 0.464. The summed E-state index contributed by atoms with van der Waals surface area (Å²) in [5.41, 5.74) is 0.331. The predicted molar refractivity (Wildman–Crippen MR) is 41.7 cm³/mol. The summed E-state index contributed by atoms with van der Waals surface area (Å²) in [4.78, 5) is 10.2. The minimum absolute atomic E-state index is 0. The zero-order chi connectivity index (χ0) is 6.69. The Labute approximate surface area is 93.6 Å². The van der Waals surface area contributed by atoms with Gasteiger partial charge in [-0.05, 0) is 12.1 Å². The van der Waals surface area contributed by atoms with Crippen LogP contribution < -0.4 is 29.6 Å². The number of carboxylic acids is 1. The van der Waals surface area contributed by atoms with Gasteiger partial charge in [0, 0.05) is 0 Å². The molecule has 0 bridgehead atoms. The molecule has 0 aromatic heterocycles. The smallest absolute Gasteiger partial charge is 1.00 e. The van der Waals surface area contributed by atoms with E-state index in [1.165, 1.54) is 0 Å². The molecule has 0 aliphatic carbocycles. The van der Waals surface area contributed by atoms with Gasteiger partial charge in [0.1, 0.15) is 0 Å². The van der Waals surface area contributed by atoms with Gasteiger partial charge in [-0.15, -0.1) is 0 Å². The average Bonchev–Trinajstić information content (AvgIpc) is 1.90. The first-order valence-electron chi connectivity index (χ1n) is 2.59. The van der Waals surface area contributed by atoms with E-state index in [2.05, 4.69) is 0 Å². The first-order chi connectivity index (χ1) is 4.30. The Morgan fingerprint density at radius 1 is 1.17 bits per heavy atom. The van der Waals surface area contributed by atoms with Gasteiger partial charge in [0.2, 0.25) is 0 Å². The fourth-order valence-corrected chi connectivity index (χ4v) is 0.581. The minimum atomic E-state index is -0.879. The summed E-state index contributed by atoms with van der Waals surface area (Å²) >= 11 is 0. The van der Waals surface area contributed by atoms with E-state index >= 15 is 0 Å². The number of carboxylic acid groups (broad SMARTS) is 1. The van der Waals surface area contributed by atoms with Crippen molar-refractivity contribution >= 4 is 5.97 Å². The molecule has 0 saturated carbocycles. The molecule has 5 N–H and O–H groups in total. The Bertz CT molecular complexity index is 217. The first-order valence-corrected chi connectivity index (χ1v) is 2.59. The minimum Gasteiger partial charge on any atom is -1.00 e. The SMILES string of the molecule is O.O.O=C(O)c1ccccc1.[H-].[Na+]. The van der Waals surface area contributed by atoms with Gasteiger partial charge in [-0.3, -0.25) is 0 Å². The van der Waals surface area contributed by atoms with Gasteiger partial charge in [0.15, 0.2) is 0 Å². The van der Waals surface area contributed by atoms with E-state index in [4.69, 9.17) is 5.11 Å². The molecule has 1 aromatic carbocycles. The Kier molecular flexibility index (Phi) is 12.8. The van der Waals surface area contributed by atoms with Crippen LogP contribution in [-0.4, -0.2) is 22.0 Å². The number of hydrogen-bond acceptors (Lipinski definition) is 1. The molecule has 0 radical (unpaired) electrons. The van der Waals surface area contributed by atoms with Crippen LogP contribution in [0.25, 0.3) is 0 Å². The molecule has 0 fully saturated rings. The molecule has 1 aromatic rings. The van der Waals surface area contributed by atoms with Crippen molar-refractivity contribution in [2.45, 2.75) is 0 Å². The van der Waals surface area contributed by atoms with E-state index < -0.39 is 5.97 Å². The molecular weight excluding hydrogens is 171 g/mol. The molecule has 1 rings (SSSR count). The van der Waals surface area contributed by atoms with Crippen LogP contribution in [0.4, 0.5) is 0 Å². The van der Waals surface area contributed by atoms with Gasteiger partial charge in [-0.25, -0.2) is 4.79 Å². The van der Waals surface area contributed by atoms with Crippen LogP contribution in [0.2, 0.25) is 0 Å². The molecule has 0 aliphatic heterocycles. The second kappa shape index (κ2) is 8.70. The van der Waals surface area contributed by atoms with E-state index in [9.17, 15) is 4.79 Å². The fourth-order valence-electron chi connectivity index (χ4n) is 0.581. The van der Waals surface area contributed by atoms with Gasteiger partial charge in [0.25, 0.3) is 0 Å². The van der Waals surface area contributed by atoms with E-state index in [1.54, 1.807) is 30.3 Å². The van der Waals surface area contributed by atoms with Crippen molar-refractivity contribution in [2.24, 2.45) is 0 Å². The van der Waals surface area contributed by atoms with Gasteiger partial charge >= 0.3 is 35.5 Å². The molecular formula is C7H11NaO4. The monoisotopic (exact) mass is 182 g/mol. The van der Waals surface area contributed by atoms with E-state index in [1.807, 2.05) is 0 Å². The summed E-state index contributed by atoms with van der Waals surface area (Å²) in [7, 11) is 0. The first kappa shape index (κ1) is 17.6. The number of hydrogen-bond donors (Lipinski definition) is 1. The fraction of sp³-hybridized carbons (Fsp3) is 0. The summed E-state index contributed by atoms with van der Waals surface area (Å²) < 4.78 is 0. The third-order valence-corrected chi connectivity index (χ3v) is 1.02. The molecule has 0 spiro atoms. The van der Waals surface area contributed by atoms with Gasteiger partial charge < -0.3 is 17.5 Å². The van der Waals surface area contributed by atoms with Crippen molar-refractivity contribution < 1.29 is 51.8 Å². The van der Waals surface area contributed by atoms with Gasteiger partial charge in [0.05, 0.1) is 5.56 Å². The molecule has 0 atom stereocenters. The van der Waals surface area contributed by atoms with Crippen molar-refractivity contribution in [3.05, 3.63) is 35.9 Å². The maximum Gasteiger partial charge on any atom is 1.00 e. The number of carbonyl (C=O) groups is 1. The van der Waals surface area contributed by atoms with Crippen molar-refractivity contribution in [3.8, 4) is 0 Å². The molecule has 12 heavy (non-hydrogen) atoms. The van der Waals surface area contributed by atoms with Crippen LogP contribution >= 0.6 is 0 Å². The molecule has 64 valence electrons. The van der Waals surface area contributed by atoms with Crippen LogP contribution in [0.1, 0.15) is 11.8 Å². The summed E-state index contributed by atoms with van der Waals surface area (Å²) in [6, 6.07) is 8.30. The van der Waals surface area contributed by atoms with Crippen LogP contribution in [0.15, 0.2) is 30.3 Å². The number of rotatable bonds is 1. The van der Waals surface area contributed by atoms with Crippen LogP contribution in [0, 0.1) is 0 Å². The normalized spacial score (nSPS) is 6.67. The zero-order valence-electron chi connectivity index (χ0n) is 7.74. The Morgan fingerprint density at radius 3 is 1.83 bits per heavy atom. The predicted octanol–water partition coefficient (Wildman–Crippen LogP) is -3.15. The largest absolute Gasteiger partial charge is 1.00 e. The molecule has 5 heteroatoms. The third-order valence-electron chi connectivity index (χ3n) is 1.02. The van der Waals surface area contributed by atoms with Crippen molar-refractivity contribution in [1.29, 1.82) is 0 Å². The maximum atomic E-state index is 10.2. The third kappa shape index (κ3) is 5.29. The summed E-state index contributed by atoms with van der Waals surface area (Å²) in [6.45, 7) is 0. The van der Waals surface area contributed by atoms with E-state index in [0.29, 0.717) is 5.56 Å². The average molecular weight is 182 g/mol. The van der Waals surface area contributed by atoms with Crippen molar-refractivity contribution in [2.75, 3.05) is 0 Å². The summed E-state index contributed by atoms with van der Waals surface area (Å²) in [6.07, 6.45) is 0. The number of benzene rings is 1. The standard InChI is InChI=1S/C7H6O2.Na.2H2O.H/c8-7(9)6-4-2-1-3-5-6;;;;/h1-5H,(H,8,9);;2*1H2;/q;+1;;;-1. The van der Waals surface area contributed by atoms with Crippen LogP contribution in [0.5, 0.6) is 0 Å². The molecule has 0 heterocycles. The molecule has 0 unspecified atom stereocenters. The second-order valence-corrected chi connectivity index (χ2v) is 1.67. The van der Waals surface area contributed by atoms with Crippen LogP contribution in [-0.2, 0) is 0 Å². The Morgan fingerprint density at radius 2 is 1.58 bits per heavy atom. The summed E-state index contributed by atoms with van der Waals surface area (Å²) in [5, 5.41) is 8.38. The Hall–Kier alpha value is -0.390. The van der Waals surface area contributed by atoms with Crippen LogP contribution in [0.3, 0.4) is 0 Å². The molecule has 4 nitrogen and oxygen atoms in total. The number of aromatic carboxylic acids is 1. The van der Waals surface area contributed by atoms with Gasteiger partial charge in [-0.1, -0.05) is 18.2 Å². The molecule has 0 aliphatic rings. The maximum absolute atomic E-state index is 10.2.